The highest BCUT2D eigenvalue weighted by Gasteiger charge is 2.24. The molecule has 20 heavy (non-hydrogen) atoms. The van der Waals surface area contributed by atoms with Crippen LogP contribution in [0.1, 0.15) is 90.5 Å². The molecule has 0 radical (unpaired) electrons. The lowest BCUT2D eigenvalue weighted by atomic mass is 9.75. The lowest BCUT2D eigenvalue weighted by molar-refractivity contribution is 0.562. The van der Waals surface area contributed by atoms with Gasteiger partial charge < -0.3 is 0 Å². The van der Waals surface area contributed by atoms with Crippen LogP contribution in [-0.2, 0) is 23.7 Å². The molecule has 0 spiro atoms. The molecule has 0 fully saturated rings. The highest BCUT2D eigenvalue weighted by atomic mass is 14.3. The van der Waals surface area contributed by atoms with Gasteiger partial charge in [-0.25, -0.2) is 0 Å². The van der Waals surface area contributed by atoms with Crippen LogP contribution < -0.4 is 0 Å². The van der Waals surface area contributed by atoms with Crippen LogP contribution in [0.15, 0.2) is 12.1 Å². The summed E-state index contributed by atoms with van der Waals surface area (Å²) in [5.41, 5.74) is 6.70. The molecule has 0 unspecified atom stereocenters. The van der Waals surface area contributed by atoms with E-state index in [0.29, 0.717) is 0 Å². The minimum absolute atomic E-state index is 0.239. The second-order valence-electron chi connectivity index (χ2n) is 8.17. The van der Waals surface area contributed by atoms with Crippen molar-refractivity contribution in [2.24, 2.45) is 0 Å². The van der Waals surface area contributed by atoms with Gasteiger partial charge in [0.25, 0.3) is 0 Å². The first kappa shape index (κ1) is 17.3. The molecule has 0 N–H and O–H groups in total. The first-order chi connectivity index (χ1) is 9.11. The molecule has 0 nitrogen and oxygen atoms in total. The van der Waals surface area contributed by atoms with Gasteiger partial charge in [-0.05, 0) is 45.9 Å². The Morgan fingerprint density at radius 1 is 0.650 bits per heavy atom. The van der Waals surface area contributed by atoms with Crippen molar-refractivity contribution in [3.8, 4) is 0 Å². The van der Waals surface area contributed by atoms with E-state index in [1.807, 2.05) is 0 Å². The molecule has 0 heteroatoms. The number of aryl methyl sites for hydroxylation is 2. The Morgan fingerprint density at radius 3 is 1.15 bits per heavy atom. The number of hydrogen-bond donors (Lipinski definition) is 0. The van der Waals surface area contributed by atoms with Crippen molar-refractivity contribution in [2.75, 3.05) is 0 Å². The molecule has 0 aliphatic carbocycles. The number of benzene rings is 1. The van der Waals surface area contributed by atoms with Gasteiger partial charge in [0.1, 0.15) is 0 Å². The quantitative estimate of drug-likeness (QED) is 0.614. The monoisotopic (exact) mass is 274 g/mol. The fourth-order valence-electron chi connectivity index (χ4n) is 3.04. The van der Waals surface area contributed by atoms with Crippen LogP contribution in [0.4, 0.5) is 0 Å². The molecule has 0 heterocycles. The molecule has 0 saturated heterocycles. The summed E-state index contributed by atoms with van der Waals surface area (Å²) in [6, 6.07) is 5.02. The van der Waals surface area contributed by atoms with E-state index in [0.717, 1.165) is 0 Å². The molecule has 0 saturated carbocycles. The fourth-order valence-corrected chi connectivity index (χ4v) is 3.04. The van der Waals surface area contributed by atoms with Gasteiger partial charge in [-0.3, -0.25) is 0 Å². The van der Waals surface area contributed by atoms with E-state index in [2.05, 4.69) is 67.5 Å². The van der Waals surface area contributed by atoms with Crippen molar-refractivity contribution in [1.82, 2.24) is 0 Å². The van der Waals surface area contributed by atoms with Gasteiger partial charge in [-0.15, -0.1) is 0 Å². The summed E-state index contributed by atoms with van der Waals surface area (Å²) in [6.07, 6.45) is 4.84. The molecule has 114 valence electrons. The Hall–Kier alpha value is -0.780. The third kappa shape index (κ3) is 4.11. The standard InChI is InChI=1S/C20H34/c1-9-11-15-13-18(20(6,7)8)16(12-10-2)14-17(15)19(3,4)5/h13-14H,9-12H2,1-8H3. The molecule has 1 aromatic rings. The summed E-state index contributed by atoms with van der Waals surface area (Å²) in [4.78, 5) is 0. The van der Waals surface area contributed by atoms with E-state index in [1.165, 1.54) is 25.7 Å². The number of rotatable bonds is 4. The van der Waals surface area contributed by atoms with E-state index < -0.39 is 0 Å². The van der Waals surface area contributed by atoms with Gasteiger partial charge in [0.05, 0.1) is 0 Å². The third-order valence-electron chi connectivity index (χ3n) is 3.98. The average Bonchev–Trinajstić information content (AvgIpc) is 2.28. The summed E-state index contributed by atoms with van der Waals surface area (Å²) >= 11 is 0. The van der Waals surface area contributed by atoms with Crippen LogP contribution >= 0.6 is 0 Å². The Balaban J connectivity index is 3.51. The lowest BCUT2D eigenvalue weighted by Crippen LogP contribution is -2.20. The molecule has 0 atom stereocenters. The SMILES string of the molecule is CCCc1cc(C(C)(C)C)c(CCC)cc1C(C)(C)C. The minimum atomic E-state index is 0.239. The van der Waals surface area contributed by atoms with Gasteiger partial charge in [0.2, 0.25) is 0 Å². The third-order valence-corrected chi connectivity index (χ3v) is 3.98. The molecule has 1 aromatic carbocycles. The smallest absolute Gasteiger partial charge is 0.0129 e. The van der Waals surface area contributed by atoms with E-state index in [-0.39, 0.29) is 10.8 Å². The maximum atomic E-state index is 2.51. The maximum Gasteiger partial charge on any atom is -0.0129 e. The molecule has 1 rings (SSSR count). The summed E-state index contributed by atoms with van der Waals surface area (Å²) in [5.74, 6) is 0. The Bertz CT molecular complexity index is 395. The summed E-state index contributed by atoms with van der Waals surface area (Å²) in [6.45, 7) is 18.6. The topological polar surface area (TPSA) is 0 Å². The van der Waals surface area contributed by atoms with Gasteiger partial charge in [-0.1, -0.05) is 80.4 Å². The van der Waals surface area contributed by atoms with Crippen molar-refractivity contribution in [1.29, 1.82) is 0 Å². The fraction of sp³-hybridized carbons (Fsp3) is 0.700. The molecule has 0 aromatic heterocycles. The van der Waals surface area contributed by atoms with Crippen LogP contribution in [0, 0.1) is 0 Å². The highest BCUT2D eigenvalue weighted by molar-refractivity contribution is 5.44. The van der Waals surface area contributed by atoms with Crippen molar-refractivity contribution < 1.29 is 0 Å². The molecule has 0 amide bonds. The Kier molecular flexibility index (Phi) is 5.46. The van der Waals surface area contributed by atoms with Crippen molar-refractivity contribution in [3.05, 3.63) is 34.4 Å². The van der Waals surface area contributed by atoms with Gasteiger partial charge in [0, 0.05) is 0 Å². The molecular weight excluding hydrogens is 240 g/mol. The zero-order chi connectivity index (χ0) is 15.6. The van der Waals surface area contributed by atoms with Crippen LogP contribution in [0.2, 0.25) is 0 Å². The zero-order valence-electron chi connectivity index (χ0n) is 15.0. The maximum absolute atomic E-state index is 2.51. The average molecular weight is 274 g/mol. The summed E-state index contributed by atoms with van der Waals surface area (Å²) in [5, 5.41) is 0. The van der Waals surface area contributed by atoms with Crippen LogP contribution in [0.3, 0.4) is 0 Å². The molecular formula is C20H34. The van der Waals surface area contributed by atoms with Crippen LogP contribution in [-0.4, -0.2) is 0 Å². The molecule has 0 bridgehead atoms. The van der Waals surface area contributed by atoms with Crippen molar-refractivity contribution >= 4 is 0 Å². The molecule has 0 aliphatic heterocycles. The predicted molar refractivity (Wildman–Crippen MR) is 91.8 cm³/mol. The predicted octanol–water partition coefficient (Wildman–Crippen LogP) is 6.19. The van der Waals surface area contributed by atoms with E-state index in [1.54, 1.807) is 22.3 Å². The van der Waals surface area contributed by atoms with Gasteiger partial charge in [0.15, 0.2) is 0 Å². The summed E-state index contributed by atoms with van der Waals surface area (Å²) < 4.78 is 0. The van der Waals surface area contributed by atoms with E-state index >= 15 is 0 Å². The largest absolute Gasteiger partial charge is 0.0651 e. The second-order valence-corrected chi connectivity index (χ2v) is 8.17. The first-order valence-corrected chi connectivity index (χ1v) is 8.28. The first-order valence-electron chi connectivity index (χ1n) is 8.28. The van der Waals surface area contributed by atoms with Gasteiger partial charge >= 0.3 is 0 Å². The minimum Gasteiger partial charge on any atom is -0.0651 e. The summed E-state index contributed by atoms with van der Waals surface area (Å²) in [7, 11) is 0. The second kappa shape index (κ2) is 6.33. The zero-order valence-corrected chi connectivity index (χ0v) is 15.0. The van der Waals surface area contributed by atoms with Gasteiger partial charge in [-0.2, -0.15) is 0 Å². The van der Waals surface area contributed by atoms with Crippen LogP contribution in [0.25, 0.3) is 0 Å². The Labute approximate surface area is 127 Å². The Morgan fingerprint density at radius 2 is 0.950 bits per heavy atom. The van der Waals surface area contributed by atoms with Crippen molar-refractivity contribution in [3.63, 3.8) is 0 Å². The number of hydrogen-bond acceptors (Lipinski definition) is 0. The van der Waals surface area contributed by atoms with E-state index in [4.69, 9.17) is 0 Å². The van der Waals surface area contributed by atoms with Crippen LogP contribution in [0.5, 0.6) is 0 Å². The lowest BCUT2D eigenvalue weighted by Gasteiger charge is -2.30. The molecule has 0 aliphatic rings. The normalized spacial score (nSPS) is 12.8. The van der Waals surface area contributed by atoms with E-state index in [9.17, 15) is 0 Å². The highest BCUT2D eigenvalue weighted by Crippen LogP contribution is 2.34. The van der Waals surface area contributed by atoms with Crippen molar-refractivity contribution in [2.45, 2.75) is 91.9 Å².